The van der Waals surface area contributed by atoms with Crippen molar-refractivity contribution >= 4 is 33.1 Å². The molecule has 0 amide bonds. The van der Waals surface area contributed by atoms with E-state index in [4.69, 9.17) is 5.73 Å². The number of nitrogens with two attached hydrogens (primary N) is 1. The molecule has 0 aliphatic rings. The lowest BCUT2D eigenvalue weighted by atomic mass is 10.2. The van der Waals surface area contributed by atoms with E-state index in [-0.39, 0.29) is 0 Å². The third-order valence-corrected chi connectivity index (χ3v) is 4.12. The van der Waals surface area contributed by atoms with Gasteiger partial charge in [0.15, 0.2) is 5.82 Å². The smallest absolute Gasteiger partial charge is 0.151 e. The Labute approximate surface area is 115 Å². The summed E-state index contributed by atoms with van der Waals surface area (Å²) in [4.78, 5) is 8.66. The third-order valence-electron chi connectivity index (χ3n) is 3.02. The molecule has 0 fully saturated rings. The van der Waals surface area contributed by atoms with Crippen LogP contribution in [0.4, 0.5) is 11.5 Å². The van der Waals surface area contributed by atoms with Crippen LogP contribution in [0.5, 0.6) is 0 Å². The Morgan fingerprint density at radius 1 is 1.26 bits per heavy atom. The van der Waals surface area contributed by atoms with E-state index >= 15 is 0 Å². The maximum Gasteiger partial charge on any atom is 0.151 e. The molecular formula is C14H14N4S. The molecule has 1 aromatic carbocycles. The van der Waals surface area contributed by atoms with Crippen molar-refractivity contribution in [2.75, 3.05) is 5.32 Å². The van der Waals surface area contributed by atoms with Gasteiger partial charge in [-0.25, -0.2) is 9.97 Å². The van der Waals surface area contributed by atoms with Crippen molar-refractivity contribution in [3.05, 3.63) is 47.1 Å². The fourth-order valence-electron chi connectivity index (χ4n) is 2.01. The number of nitrogens with one attached hydrogen (secondary N) is 1. The zero-order valence-corrected chi connectivity index (χ0v) is 11.4. The second-order valence-electron chi connectivity index (χ2n) is 4.30. The highest BCUT2D eigenvalue weighted by Crippen LogP contribution is 2.30. The van der Waals surface area contributed by atoms with Gasteiger partial charge in [-0.2, -0.15) is 0 Å². The summed E-state index contributed by atoms with van der Waals surface area (Å²) >= 11 is 1.65. The Hall–Kier alpha value is -1.98. The van der Waals surface area contributed by atoms with Crippen LogP contribution >= 0.6 is 11.3 Å². The quantitative estimate of drug-likeness (QED) is 0.767. The van der Waals surface area contributed by atoms with Crippen molar-refractivity contribution in [1.82, 2.24) is 9.97 Å². The van der Waals surface area contributed by atoms with Gasteiger partial charge < -0.3 is 11.1 Å². The predicted molar refractivity (Wildman–Crippen MR) is 79.8 cm³/mol. The van der Waals surface area contributed by atoms with Gasteiger partial charge >= 0.3 is 0 Å². The number of hydrogen-bond donors (Lipinski definition) is 2. The van der Waals surface area contributed by atoms with Gasteiger partial charge in [-0.3, -0.25) is 0 Å². The summed E-state index contributed by atoms with van der Waals surface area (Å²) in [7, 11) is 0. The van der Waals surface area contributed by atoms with E-state index in [9.17, 15) is 0 Å². The van der Waals surface area contributed by atoms with Gasteiger partial charge in [-0.1, -0.05) is 18.2 Å². The molecule has 3 rings (SSSR count). The second-order valence-corrected chi connectivity index (χ2v) is 5.18. The molecule has 2 heterocycles. The Morgan fingerprint density at radius 3 is 2.95 bits per heavy atom. The lowest BCUT2D eigenvalue weighted by Crippen LogP contribution is -2.02. The van der Waals surface area contributed by atoms with Crippen LogP contribution in [0.15, 0.2) is 36.0 Å². The Balaban J connectivity index is 2.06. The maximum absolute atomic E-state index is 5.75. The van der Waals surface area contributed by atoms with Gasteiger partial charge in [-0.15, -0.1) is 11.3 Å². The van der Waals surface area contributed by atoms with Gasteiger partial charge in [0.2, 0.25) is 0 Å². The van der Waals surface area contributed by atoms with Gasteiger partial charge in [0.1, 0.15) is 6.33 Å². The molecule has 0 bridgehead atoms. The molecule has 3 N–H and O–H groups in total. The van der Waals surface area contributed by atoms with Crippen molar-refractivity contribution in [2.45, 2.75) is 13.5 Å². The van der Waals surface area contributed by atoms with Crippen LogP contribution in [-0.4, -0.2) is 9.97 Å². The Kier molecular flexibility index (Phi) is 3.15. The number of rotatable bonds is 3. The first-order valence-corrected chi connectivity index (χ1v) is 6.91. The Morgan fingerprint density at radius 2 is 2.11 bits per heavy atom. The van der Waals surface area contributed by atoms with Crippen LogP contribution in [0.3, 0.4) is 0 Å². The van der Waals surface area contributed by atoms with Crippen LogP contribution in [-0.2, 0) is 6.54 Å². The molecule has 0 saturated carbocycles. The topological polar surface area (TPSA) is 63.8 Å². The first-order valence-electron chi connectivity index (χ1n) is 6.03. The number of anilines is 2. The van der Waals surface area contributed by atoms with Gasteiger partial charge in [0.25, 0.3) is 0 Å². The molecule has 2 aromatic heterocycles. The highest BCUT2D eigenvalue weighted by atomic mass is 32.1. The second kappa shape index (κ2) is 4.95. The minimum absolute atomic E-state index is 0.501. The molecule has 96 valence electrons. The average Bonchev–Trinajstić information content (AvgIpc) is 2.82. The molecular weight excluding hydrogens is 256 g/mol. The van der Waals surface area contributed by atoms with E-state index < -0.39 is 0 Å². The maximum atomic E-state index is 5.75. The predicted octanol–water partition coefficient (Wildman–Crippen LogP) is 3.20. The standard InChI is InChI=1S/C14H14N4S/c1-9-7-19-13-12(9)16-8-17-14(13)18-11-5-3-2-4-10(11)6-15/h2-5,7-8H,6,15H2,1H3,(H,16,17,18). The van der Waals surface area contributed by atoms with Crippen molar-refractivity contribution in [3.8, 4) is 0 Å². The molecule has 0 aliphatic heterocycles. The highest BCUT2D eigenvalue weighted by Gasteiger charge is 2.09. The molecule has 0 spiro atoms. The van der Waals surface area contributed by atoms with Gasteiger partial charge in [-0.05, 0) is 29.5 Å². The lowest BCUT2D eigenvalue weighted by Gasteiger charge is -2.10. The van der Waals surface area contributed by atoms with Crippen LogP contribution in [0, 0.1) is 6.92 Å². The summed E-state index contributed by atoms with van der Waals surface area (Å²) in [6.07, 6.45) is 1.59. The molecule has 0 unspecified atom stereocenters. The number of para-hydroxylation sites is 1. The first-order chi connectivity index (χ1) is 9.29. The highest BCUT2D eigenvalue weighted by molar-refractivity contribution is 7.18. The van der Waals surface area contributed by atoms with Crippen LogP contribution in [0.1, 0.15) is 11.1 Å². The van der Waals surface area contributed by atoms with Gasteiger partial charge in [0.05, 0.1) is 10.2 Å². The number of benzene rings is 1. The largest absolute Gasteiger partial charge is 0.339 e. The van der Waals surface area contributed by atoms with Crippen LogP contribution < -0.4 is 11.1 Å². The fourth-order valence-corrected chi connectivity index (χ4v) is 2.95. The number of nitrogens with zero attached hydrogens (tertiary/aromatic N) is 2. The molecule has 0 atom stereocenters. The molecule has 0 saturated heterocycles. The van der Waals surface area contributed by atoms with Crippen molar-refractivity contribution in [3.63, 3.8) is 0 Å². The number of aromatic nitrogens is 2. The SMILES string of the molecule is Cc1csc2c(Nc3ccccc3CN)ncnc12. The van der Waals surface area contributed by atoms with E-state index in [1.54, 1.807) is 17.7 Å². The molecule has 0 radical (unpaired) electrons. The normalized spacial score (nSPS) is 10.8. The first kappa shape index (κ1) is 12.1. The zero-order chi connectivity index (χ0) is 13.2. The van der Waals surface area contributed by atoms with Gasteiger partial charge in [0, 0.05) is 12.2 Å². The van der Waals surface area contributed by atoms with E-state index in [2.05, 4.69) is 27.6 Å². The summed E-state index contributed by atoms with van der Waals surface area (Å²) in [5.74, 6) is 0.837. The fraction of sp³-hybridized carbons (Fsp3) is 0.143. The third kappa shape index (κ3) is 2.18. The van der Waals surface area contributed by atoms with Crippen molar-refractivity contribution in [1.29, 1.82) is 0 Å². The summed E-state index contributed by atoms with van der Waals surface area (Å²) in [5, 5.41) is 5.46. The molecule has 3 aromatic rings. The lowest BCUT2D eigenvalue weighted by molar-refractivity contribution is 1.07. The zero-order valence-electron chi connectivity index (χ0n) is 10.6. The van der Waals surface area contributed by atoms with E-state index in [1.165, 1.54) is 5.56 Å². The van der Waals surface area contributed by atoms with E-state index in [0.717, 1.165) is 27.3 Å². The van der Waals surface area contributed by atoms with Crippen LogP contribution in [0.2, 0.25) is 0 Å². The Bertz CT molecular complexity index is 720. The molecule has 19 heavy (non-hydrogen) atoms. The summed E-state index contributed by atoms with van der Waals surface area (Å²) in [5.41, 5.74) is 10.0. The summed E-state index contributed by atoms with van der Waals surface area (Å²) < 4.78 is 1.08. The minimum atomic E-state index is 0.501. The molecule has 5 heteroatoms. The minimum Gasteiger partial charge on any atom is -0.339 e. The number of aryl methyl sites for hydroxylation is 1. The number of thiophene rings is 1. The van der Waals surface area contributed by atoms with E-state index in [0.29, 0.717) is 6.54 Å². The van der Waals surface area contributed by atoms with E-state index in [1.807, 2.05) is 24.3 Å². The summed E-state index contributed by atoms with van der Waals surface area (Å²) in [6.45, 7) is 2.56. The number of hydrogen-bond acceptors (Lipinski definition) is 5. The van der Waals surface area contributed by atoms with Crippen molar-refractivity contribution < 1.29 is 0 Å². The number of fused-ring (bicyclic) bond motifs is 1. The summed E-state index contributed by atoms with van der Waals surface area (Å²) in [6, 6.07) is 7.99. The molecule has 4 nitrogen and oxygen atoms in total. The monoisotopic (exact) mass is 270 g/mol. The molecule has 0 aliphatic carbocycles. The van der Waals surface area contributed by atoms with Crippen LogP contribution in [0.25, 0.3) is 10.2 Å². The average molecular weight is 270 g/mol. The van der Waals surface area contributed by atoms with Crippen molar-refractivity contribution in [2.24, 2.45) is 5.73 Å².